The van der Waals surface area contributed by atoms with E-state index < -0.39 is 0 Å². The smallest absolute Gasteiger partial charge is 0.226 e. The second-order valence-electron chi connectivity index (χ2n) is 5.08. The molecule has 0 bridgehead atoms. The molecule has 1 aromatic rings. The number of nitrogens with one attached hydrogen (secondary N) is 2. The lowest BCUT2D eigenvalue weighted by molar-refractivity contribution is -0.117. The molecular weight excluding hydrogens is 276 g/mol. The van der Waals surface area contributed by atoms with Gasteiger partial charge in [-0.25, -0.2) is 0 Å². The van der Waals surface area contributed by atoms with Crippen molar-refractivity contribution in [1.29, 1.82) is 0 Å². The first-order chi connectivity index (χ1) is 9.65. The molecule has 0 radical (unpaired) electrons. The van der Waals surface area contributed by atoms with Gasteiger partial charge in [0.2, 0.25) is 5.91 Å². The molecule has 0 aromatic heterocycles. The third-order valence-electron chi connectivity index (χ3n) is 3.42. The Morgan fingerprint density at radius 1 is 1.45 bits per heavy atom. The van der Waals surface area contributed by atoms with Crippen LogP contribution in [0.1, 0.15) is 24.8 Å². The van der Waals surface area contributed by atoms with E-state index in [0.717, 1.165) is 37.2 Å². The summed E-state index contributed by atoms with van der Waals surface area (Å²) in [5.74, 6) is -0.0427. The molecule has 1 saturated heterocycles. The number of benzene rings is 1. The van der Waals surface area contributed by atoms with Gasteiger partial charge in [0.1, 0.15) is 0 Å². The van der Waals surface area contributed by atoms with Crippen LogP contribution in [0, 0.1) is 6.92 Å². The van der Waals surface area contributed by atoms with E-state index in [2.05, 4.69) is 10.6 Å². The van der Waals surface area contributed by atoms with Crippen molar-refractivity contribution in [2.45, 2.75) is 32.3 Å². The zero-order valence-corrected chi connectivity index (χ0v) is 12.5. The van der Waals surface area contributed by atoms with Crippen LogP contribution < -0.4 is 10.6 Å². The summed E-state index contributed by atoms with van der Waals surface area (Å²) in [6.07, 6.45) is 2.71. The summed E-state index contributed by atoms with van der Waals surface area (Å²) in [6, 6.07) is 5.51. The monoisotopic (exact) mass is 296 g/mol. The number of piperidine rings is 1. The van der Waals surface area contributed by atoms with Crippen molar-refractivity contribution >= 4 is 23.2 Å². The highest BCUT2D eigenvalue weighted by Crippen LogP contribution is 2.20. The van der Waals surface area contributed by atoms with Crippen molar-refractivity contribution in [2.24, 2.45) is 0 Å². The van der Waals surface area contributed by atoms with Gasteiger partial charge in [-0.2, -0.15) is 0 Å². The molecule has 0 aliphatic carbocycles. The van der Waals surface area contributed by atoms with E-state index in [-0.39, 0.29) is 12.0 Å². The summed E-state index contributed by atoms with van der Waals surface area (Å²) in [5.41, 5.74) is 1.73. The van der Waals surface area contributed by atoms with Crippen LogP contribution in [0.2, 0.25) is 5.02 Å². The SMILES string of the molecule is Cc1ccc(NC(=O)CCOC2CCNCC2)cc1Cl. The number of rotatable bonds is 5. The molecule has 1 aliphatic heterocycles. The van der Waals surface area contributed by atoms with Crippen LogP contribution in [-0.2, 0) is 9.53 Å². The average Bonchev–Trinajstić information content (AvgIpc) is 2.44. The van der Waals surface area contributed by atoms with Gasteiger partial charge < -0.3 is 15.4 Å². The Balaban J connectivity index is 1.70. The van der Waals surface area contributed by atoms with E-state index in [0.29, 0.717) is 18.1 Å². The summed E-state index contributed by atoms with van der Waals surface area (Å²) in [7, 11) is 0. The molecule has 4 nitrogen and oxygen atoms in total. The van der Waals surface area contributed by atoms with Gasteiger partial charge >= 0.3 is 0 Å². The van der Waals surface area contributed by atoms with Gasteiger partial charge in [-0.1, -0.05) is 17.7 Å². The molecule has 0 unspecified atom stereocenters. The van der Waals surface area contributed by atoms with Crippen molar-refractivity contribution in [3.05, 3.63) is 28.8 Å². The van der Waals surface area contributed by atoms with Crippen LogP contribution in [0.5, 0.6) is 0 Å². The van der Waals surface area contributed by atoms with Gasteiger partial charge in [0.05, 0.1) is 19.1 Å². The van der Waals surface area contributed by atoms with Gasteiger partial charge in [-0.15, -0.1) is 0 Å². The first-order valence-corrected chi connectivity index (χ1v) is 7.41. The standard InChI is InChI=1S/C15H21ClN2O2/c1-11-2-3-12(10-14(11)16)18-15(19)6-9-20-13-4-7-17-8-5-13/h2-3,10,13,17H,4-9H2,1H3,(H,18,19). The van der Waals surface area contributed by atoms with Crippen molar-refractivity contribution < 1.29 is 9.53 Å². The second kappa shape index (κ2) is 7.62. The van der Waals surface area contributed by atoms with Gasteiger partial charge in [-0.05, 0) is 50.6 Å². The van der Waals surface area contributed by atoms with Crippen molar-refractivity contribution in [3.63, 3.8) is 0 Å². The number of amides is 1. The molecule has 1 aliphatic rings. The second-order valence-corrected chi connectivity index (χ2v) is 5.49. The molecule has 20 heavy (non-hydrogen) atoms. The highest BCUT2D eigenvalue weighted by molar-refractivity contribution is 6.31. The number of halogens is 1. The van der Waals surface area contributed by atoms with Gasteiger partial charge in [0, 0.05) is 10.7 Å². The quantitative estimate of drug-likeness (QED) is 0.878. The maximum atomic E-state index is 11.8. The first kappa shape index (κ1) is 15.3. The predicted molar refractivity (Wildman–Crippen MR) is 81.3 cm³/mol. The Kier molecular flexibility index (Phi) is 5.83. The van der Waals surface area contributed by atoms with Crippen molar-refractivity contribution in [1.82, 2.24) is 5.32 Å². The fourth-order valence-electron chi connectivity index (χ4n) is 2.17. The van der Waals surface area contributed by atoms with Crippen LogP contribution in [0.4, 0.5) is 5.69 Å². The molecule has 0 atom stereocenters. The Morgan fingerprint density at radius 2 is 2.20 bits per heavy atom. The molecule has 1 amide bonds. The highest BCUT2D eigenvalue weighted by Gasteiger charge is 2.13. The van der Waals surface area contributed by atoms with Crippen LogP contribution >= 0.6 is 11.6 Å². The molecule has 2 N–H and O–H groups in total. The molecule has 0 saturated carbocycles. The summed E-state index contributed by atoms with van der Waals surface area (Å²) < 4.78 is 5.71. The van der Waals surface area contributed by atoms with Crippen LogP contribution in [-0.4, -0.2) is 31.7 Å². The van der Waals surface area contributed by atoms with Crippen LogP contribution in [0.25, 0.3) is 0 Å². The molecule has 1 heterocycles. The molecule has 5 heteroatoms. The Hall–Kier alpha value is -1.10. The van der Waals surface area contributed by atoms with E-state index in [9.17, 15) is 4.79 Å². The summed E-state index contributed by atoms with van der Waals surface area (Å²) >= 11 is 6.02. The van der Waals surface area contributed by atoms with Crippen molar-refractivity contribution in [3.8, 4) is 0 Å². The average molecular weight is 297 g/mol. The van der Waals surface area contributed by atoms with E-state index >= 15 is 0 Å². The molecule has 1 aromatic carbocycles. The molecular formula is C15H21ClN2O2. The third kappa shape index (κ3) is 4.78. The normalized spacial score (nSPS) is 16.1. The van der Waals surface area contributed by atoms with E-state index in [1.807, 2.05) is 19.1 Å². The van der Waals surface area contributed by atoms with E-state index in [1.54, 1.807) is 6.07 Å². The van der Waals surface area contributed by atoms with Gasteiger partial charge in [0.25, 0.3) is 0 Å². The Labute approximate surface area is 124 Å². The zero-order chi connectivity index (χ0) is 14.4. The minimum absolute atomic E-state index is 0.0427. The number of anilines is 1. The van der Waals surface area contributed by atoms with Crippen LogP contribution in [0.3, 0.4) is 0 Å². The maximum absolute atomic E-state index is 11.8. The number of ether oxygens (including phenoxy) is 1. The topological polar surface area (TPSA) is 50.4 Å². The lowest BCUT2D eigenvalue weighted by atomic mass is 10.1. The molecule has 0 spiro atoms. The zero-order valence-electron chi connectivity index (χ0n) is 11.7. The highest BCUT2D eigenvalue weighted by atomic mass is 35.5. The fraction of sp³-hybridized carbons (Fsp3) is 0.533. The third-order valence-corrected chi connectivity index (χ3v) is 3.83. The fourth-order valence-corrected chi connectivity index (χ4v) is 2.36. The van der Waals surface area contributed by atoms with Gasteiger partial charge in [0.15, 0.2) is 0 Å². The lowest BCUT2D eigenvalue weighted by Gasteiger charge is -2.22. The largest absolute Gasteiger partial charge is 0.378 e. The van der Waals surface area contributed by atoms with E-state index in [1.165, 1.54) is 0 Å². The van der Waals surface area contributed by atoms with E-state index in [4.69, 9.17) is 16.3 Å². The molecule has 2 rings (SSSR count). The summed E-state index contributed by atoms with van der Waals surface area (Å²) in [4.78, 5) is 11.8. The number of carbonyl (C=O) groups excluding carboxylic acids is 1. The number of carbonyl (C=O) groups is 1. The number of hydrogen-bond donors (Lipinski definition) is 2. The Morgan fingerprint density at radius 3 is 2.90 bits per heavy atom. The maximum Gasteiger partial charge on any atom is 0.226 e. The predicted octanol–water partition coefficient (Wildman–Crippen LogP) is 2.75. The minimum Gasteiger partial charge on any atom is -0.378 e. The number of hydrogen-bond acceptors (Lipinski definition) is 3. The summed E-state index contributed by atoms with van der Waals surface area (Å²) in [5, 5.41) is 6.78. The molecule has 1 fully saturated rings. The lowest BCUT2D eigenvalue weighted by Crippen LogP contribution is -2.33. The Bertz CT molecular complexity index is 459. The summed E-state index contributed by atoms with van der Waals surface area (Å²) in [6.45, 7) is 4.40. The van der Waals surface area contributed by atoms with Gasteiger partial charge in [-0.3, -0.25) is 4.79 Å². The first-order valence-electron chi connectivity index (χ1n) is 7.03. The minimum atomic E-state index is -0.0427. The molecule has 110 valence electrons. The number of aryl methyl sites for hydroxylation is 1. The van der Waals surface area contributed by atoms with Crippen LogP contribution in [0.15, 0.2) is 18.2 Å². The van der Waals surface area contributed by atoms with Crippen molar-refractivity contribution in [2.75, 3.05) is 25.0 Å².